The molecule has 0 saturated carbocycles. The lowest BCUT2D eigenvalue weighted by atomic mass is 10.4. The summed E-state index contributed by atoms with van der Waals surface area (Å²) < 4.78 is 33.9. The summed E-state index contributed by atoms with van der Waals surface area (Å²) in [5.74, 6) is -0.430. The molecule has 1 aromatic rings. The van der Waals surface area contributed by atoms with Gasteiger partial charge < -0.3 is 0 Å². The second-order valence-electron chi connectivity index (χ2n) is 2.58. The summed E-state index contributed by atoms with van der Waals surface area (Å²) in [6.45, 7) is 3.26. The molecule has 0 spiro atoms. The number of nitrogens with two attached hydrogens (primary N) is 1. The van der Waals surface area contributed by atoms with Crippen molar-refractivity contribution in [2.24, 2.45) is 5.14 Å². The fourth-order valence-corrected chi connectivity index (χ4v) is 1.04. The molecule has 0 unspecified atom stereocenters. The van der Waals surface area contributed by atoms with E-state index in [2.05, 4.69) is 16.5 Å². The second kappa shape index (κ2) is 3.81. The Morgan fingerprint density at radius 3 is 2.43 bits per heavy atom. The molecule has 0 aliphatic carbocycles. The molecule has 0 fully saturated rings. The highest BCUT2D eigenvalue weighted by molar-refractivity contribution is 7.93. The molecule has 0 bridgehead atoms. The third-order valence-corrected chi connectivity index (χ3v) is 2.38. The van der Waals surface area contributed by atoms with Crippen LogP contribution in [0.4, 0.5) is 4.39 Å². The number of hydrogen-bond donors (Lipinski definition) is 1. The second-order valence-corrected chi connectivity index (χ2v) is 4.25. The summed E-state index contributed by atoms with van der Waals surface area (Å²) in [6.07, 6.45) is 1.77. The van der Waals surface area contributed by atoms with Crippen molar-refractivity contribution in [1.82, 2.24) is 9.97 Å². The summed E-state index contributed by atoms with van der Waals surface area (Å²) in [5.41, 5.74) is 0. The van der Waals surface area contributed by atoms with E-state index < -0.39 is 15.8 Å². The Balaban J connectivity index is 2.81. The molecule has 0 saturated heterocycles. The van der Waals surface area contributed by atoms with Gasteiger partial charge in [0.15, 0.2) is 5.82 Å². The molecule has 76 valence electrons. The minimum Gasteiger partial charge on any atom is -0.238 e. The van der Waals surface area contributed by atoms with Crippen LogP contribution in [0.1, 0.15) is 5.82 Å². The maximum absolute atomic E-state index is 12.4. The topological polar surface area (TPSA) is 85.9 Å². The number of nitrogens with zero attached hydrogens (tertiary/aromatic N) is 2. The van der Waals surface area contributed by atoms with Crippen LogP contribution in [0, 0.1) is 5.82 Å². The van der Waals surface area contributed by atoms with Crippen molar-refractivity contribution in [1.29, 1.82) is 0 Å². The Kier molecular flexibility index (Phi) is 2.92. The number of aromatic nitrogens is 2. The molecule has 0 aliphatic heterocycles. The van der Waals surface area contributed by atoms with Gasteiger partial charge in [-0.1, -0.05) is 6.58 Å². The van der Waals surface area contributed by atoms with Crippen LogP contribution < -0.4 is 5.14 Å². The van der Waals surface area contributed by atoms with Crippen LogP contribution in [0.3, 0.4) is 0 Å². The van der Waals surface area contributed by atoms with E-state index in [1.807, 2.05) is 0 Å². The monoisotopic (exact) mass is 217 g/mol. The lowest BCUT2D eigenvalue weighted by molar-refractivity contribution is 0.601. The summed E-state index contributed by atoms with van der Waals surface area (Å²) in [5, 5.41) is 4.80. The predicted molar refractivity (Wildman–Crippen MR) is 47.9 cm³/mol. The van der Waals surface area contributed by atoms with E-state index >= 15 is 0 Å². The first-order chi connectivity index (χ1) is 6.39. The smallest absolute Gasteiger partial charge is 0.234 e. The summed E-state index contributed by atoms with van der Waals surface area (Å²) in [7, 11) is -3.78. The number of sulfonamides is 1. The number of allylic oxidation sites excluding steroid dienone is 1. The first-order valence-electron chi connectivity index (χ1n) is 3.56. The Morgan fingerprint density at radius 2 is 2.00 bits per heavy atom. The average molecular weight is 217 g/mol. The molecule has 0 amide bonds. The van der Waals surface area contributed by atoms with E-state index in [0.29, 0.717) is 0 Å². The summed E-state index contributed by atoms with van der Waals surface area (Å²) >= 11 is 0. The van der Waals surface area contributed by atoms with Crippen LogP contribution in [0.5, 0.6) is 0 Å². The van der Waals surface area contributed by atoms with Gasteiger partial charge in [0.05, 0.1) is 17.3 Å². The number of primary sulfonamides is 1. The molecule has 2 N–H and O–H groups in total. The number of halogens is 1. The molecule has 1 heterocycles. The summed E-state index contributed by atoms with van der Waals surface area (Å²) in [6, 6.07) is 0. The fraction of sp³-hybridized carbons (Fsp3) is 0.143. The Bertz CT molecular complexity index is 441. The van der Waals surface area contributed by atoms with E-state index in [1.54, 1.807) is 0 Å². The third kappa shape index (κ3) is 2.86. The predicted octanol–water partition coefficient (Wildman–Crippen LogP) is -0.0396. The van der Waals surface area contributed by atoms with Crippen molar-refractivity contribution < 1.29 is 12.8 Å². The van der Waals surface area contributed by atoms with Gasteiger partial charge in [-0.3, -0.25) is 0 Å². The SMILES string of the molecule is C=C(Cc1ncc(F)cn1)S(N)(=O)=O. The van der Waals surface area contributed by atoms with Gasteiger partial charge in [-0.2, -0.15) is 0 Å². The Labute approximate surface area is 80.5 Å². The van der Waals surface area contributed by atoms with Gasteiger partial charge in [0.25, 0.3) is 0 Å². The lowest BCUT2D eigenvalue weighted by Gasteiger charge is -2.00. The molecule has 14 heavy (non-hydrogen) atoms. The van der Waals surface area contributed by atoms with E-state index in [-0.39, 0.29) is 17.2 Å². The van der Waals surface area contributed by atoms with Gasteiger partial charge in [-0.15, -0.1) is 0 Å². The van der Waals surface area contributed by atoms with E-state index in [0.717, 1.165) is 12.4 Å². The molecule has 0 atom stereocenters. The molecule has 7 heteroatoms. The highest BCUT2D eigenvalue weighted by atomic mass is 32.2. The van der Waals surface area contributed by atoms with Crippen LogP contribution in [-0.4, -0.2) is 18.4 Å². The molecule has 0 radical (unpaired) electrons. The average Bonchev–Trinajstić information content (AvgIpc) is 2.07. The standard InChI is InChI=1S/C7H8FN3O2S/c1-5(14(9,12)13)2-7-10-3-6(8)4-11-7/h3-4H,1-2H2,(H2,9,12,13). The molecule has 0 aromatic carbocycles. The Morgan fingerprint density at radius 1 is 1.50 bits per heavy atom. The van der Waals surface area contributed by atoms with Gasteiger partial charge in [-0.25, -0.2) is 27.9 Å². The molecule has 5 nitrogen and oxygen atoms in total. The van der Waals surface area contributed by atoms with Gasteiger partial charge in [0.2, 0.25) is 10.0 Å². The molecular weight excluding hydrogens is 209 g/mol. The highest BCUT2D eigenvalue weighted by Crippen LogP contribution is 2.05. The van der Waals surface area contributed by atoms with Crippen molar-refractivity contribution in [3.8, 4) is 0 Å². The quantitative estimate of drug-likeness (QED) is 0.769. The zero-order chi connectivity index (χ0) is 10.8. The highest BCUT2D eigenvalue weighted by Gasteiger charge is 2.11. The molecule has 1 rings (SSSR count). The van der Waals surface area contributed by atoms with Gasteiger partial charge in [0.1, 0.15) is 5.82 Å². The van der Waals surface area contributed by atoms with Gasteiger partial charge >= 0.3 is 0 Å². The minimum atomic E-state index is -3.78. The molecule has 1 aromatic heterocycles. The zero-order valence-electron chi connectivity index (χ0n) is 7.14. The van der Waals surface area contributed by atoms with Crippen LogP contribution >= 0.6 is 0 Å². The van der Waals surface area contributed by atoms with Gasteiger partial charge in [-0.05, 0) is 0 Å². The van der Waals surface area contributed by atoms with Crippen molar-refractivity contribution in [2.45, 2.75) is 6.42 Å². The first-order valence-corrected chi connectivity index (χ1v) is 5.11. The van der Waals surface area contributed by atoms with E-state index in [9.17, 15) is 12.8 Å². The minimum absolute atomic E-state index is 0.112. The number of hydrogen-bond acceptors (Lipinski definition) is 4. The van der Waals surface area contributed by atoms with Crippen LogP contribution in [-0.2, 0) is 16.4 Å². The summed E-state index contributed by atoms with van der Waals surface area (Å²) in [4.78, 5) is 6.93. The normalized spacial score (nSPS) is 11.3. The van der Waals surface area contributed by atoms with Crippen molar-refractivity contribution in [3.63, 3.8) is 0 Å². The maximum Gasteiger partial charge on any atom is 0.234 e. The Hall–Kier alpha value is -1.34. The third-order valence-electron chi connectivity index (χ3n) is 1.43. The first kappa shape index (κ1) is 10.7. The van der Waals surface area contributed by atoms with E-state index in [1.165, 1.54) is 0 Å². The zero-order valence-corrected chi connectivity index (χ0v) is 7.96. The van der Waals surface area contributed by atoms with Crippen LogP contribution in [0.25, 0.3) is 0 Å². The number of rotatable bonds is 3. The lowest BCUT2D eigenvalue weighted by Crippen LogP contribution is -2.16. The van der Waals surface area contributed by atoms with Crippen LogP contribution in [0.15, 0.2) is 23.9 Å². The van der Waals surface area contributed by atoms with Crippen molar-refractivity contribution in [2.75, 3.05) is 0 Å². The fourth-order valence-electron chi connectivity index (χ4n) is 0.707. The van der Waals surface area contributed by atoms with Crippen molar-refractivity contribution in [3.05, 3.63) is 35.5 Å². The molecular formula is C7H8FN3O2S. The maximum atomic E-state index is 12.4. The van der Waals surface area contributed by atoms with Crippen molar-refractivity contribution >= 4 is 10.0 Å². The molecule has 0 aliphatic rings. The largest absolute Gasteiger partial charge is 0.238 e. The van der Waals surface area contributed by atoms with E-state index in [4.69, 9.17) is 5.14 Å². The van der Waals surface area contributed by atoms with Crippen LogP contribution in [0.2, 0.25) is 0 Å². The van der Waals surface area contributed by atoms with Gasteiger partial charge in [0, 0.05) is 6.42 Å².